The Morgan fingerprint density at radius 1 is 0.879 bits per heavy atom. The van der Waals surface area contributed by atoms with E-state index >= 15 is 0 Å². The first-order chi connectivity index (χ1) is 15.5. The highest BCUT2D eigenvalue weighted by Gasteiger charge is 2.20. The number of carboxylic acids is 1. The molecule has 13 heteroatoms. The molecule has 12 nitrogen and oxygen atoms in total. The van der Waals surface area contributed by atoms with Crippen LogP contribution in [-0.4, -0.2) is 56.3 Å². The molecule has 3 amide bonds. The van der Waals surface area contributed by atoms with Gasteiger partial charge in [0.05, 0.1) is 18.0 Å². The SMILES string of the molecule is Nc1ccc(C[C@H](NC(=O)CNC(=O)CNC(=O)c2ccc(S(N)(=O)=O)cc2)C(=O)O)cc1. The summed E-state index contributed by atoms with van der Waals surface area (Å²) >= 11 is 0. The van der Waals surface area contributed by atoms with E-state index in [9.17, 15) is 32.7 Å². The Hall–Kier alpha value is -3.97. The maximum absolute atomic E-state index is 12.0. The first-order valence-electron chi connectivity index (χ1n) is 9.50. The van der Waals surface area contributed by atoms with Gasteiger partial charge in [-0.1, -0.05) is 12.1 Å². The van der Waals surface area contributed by atoms with Crippen LogP contribution in [0, 0.1) is 0 Å². The van der Waals surface area contributed by atoms with E-state index in [1.807, 2.05) is 0 Å². The monoisotopic (exact) mass is 477 g/mol. The molecule has 2 rings (SSSR count). The van der Waals surface area contributed by atoms with Gasteiger partial charge in [0.15, 0.2) is 0 Å². The lowest BCUT2D eigenvalue weighted by molar-refractivity contribution is -0.141. The number of anilines is 1. The Bertz CT molecular complexity index is 1130. The standard InChI is InChI=1S/C20H23N5O7S/c21-14-5-1-12(2-6-14)9-16(20(29)30)25-18(27)11-23-17(26)10-24-19(28)13-3-7-15(8-4-13)33(22,31)32/h1-8,16H,9-11,21H2,(H,23,26)(H,24,28)(H,25,27)(H,29,30)(H2,22,31,32)/t16-/m0/s1. The number of nitrogens with one attached hydrogen (secondary N) is 3. The van der Waals surface area contributed by atoms with Gasteiger partial charge in [-0.2, -0.15) is 0 Å². The van der Waals surface area contributed by atoms with Crippen LogP contribution in [0.4, 0.5) is 5.69 Å². The molecule has 0 saturated heterocycles. The van der Waals surface area contributed by atoms with Gasteiger partial charge in [0.1, 0.15) is 6.04 Å². The van der Waals surface area contributed by atoms with E-state index in [0.717, 1.165) is 12.1 Å². The van der Waals surface area contributed by atoms with Gasteiger partial charge in [0, 0.05) is 17.7 Å². The maximum atomic E-state index is 12.0. The third kappa shape index (κ3) is 8.23. The third-order valence-corrected chi connectivity index (χ3v) is 5.28. The zero-order valence-corrected chi connectivity index (χ0v) is 18.1. The molecule has 0 spiro atoms. The largest absolute Gasteiger partial charge is 0.480 e. The molecule has 176 valence electrons. The quantitative estimate of drug-likeness (QED) is 0.223. The van der Waals surface area contributed by atoms with Crippen molar-refractivity contribution >= 4 is 39.4 Å². The van der Waals surface area contributed by atoms with Crippen molar-refractivity contribution < 1.29 is 32.7 Å². The molecule has 8 N–H and O–H groups in total. The van der Waals surface area contributed by atoms with E-state index in [1.165, 1.54) is 12.1 Å². The number of aliphatic carboxylic acids is 1. The zero-order chi connectivity index (χ0) is 24.6. The second-order valence-corrected chi connectivity index (χ2v) is 8.49. The molecule has 0 radical (unpaired) electrons. The Morgan fingerprint density at radius 2 is 1.45 bits per heavy atom. The van der Waals surface area contributed by atoms with Crippen molar-refractivity contribution in [2.24, 2.45) is 5.14 Å². The summed E-state index contributed by atoms with van der Waals surface area (Å²) < 4.78 is 22.4. The highest BCUT2D eigenvalue weighted by Crippen LogP contribution is 2.09. The molecule has 0 aliphatic rings. The lowest BCUT2D eigenvalue weighted by Gasteiger charge is -2.15. The molecule has 2 aromatic rings. The van der Waals surface area contributed by atoms with Gasteiger partial charge >= 0.3 is 5.97 Å². The van der Waals surface area contributed by atoms with Crippen molar-refractivity contribution in [1.29, 1.82) is 0 Å². The number of amides is 3. The fourth-order valence-electron chi connectivity index (χ4n) is 2.63. The number of nitrogen functional groups attached to an aromatic ring is 1. The molecule has 33 heavy (non-hydrogen) atoms. The van der Waals surface area contributed by atoms with Crippen LogP contribution in [0.5, 0.6) is 0 Å². The smallest absolute Gasteiger partial charge is 0.326 e. The minimum absolute atomic E-state index is 0.0234. The van der Waals surface area contributed by atoms with Crippen molar-refractivity contribution in [1.82, 2.24) is 16.0 Å². The molecule has 0 unspecified atom stereocenters. The van der Waals surface area contributed by atoms with Crippen LogP contribution in [0.1, 0.15) is 15.9 Å². The highest BCUT2D eigenvalue weighted by molar-refractivity contribution is 7.89. The Morgan fingerprint density at radius 3 is 2.00 bits per heavy atom. The highest BCUT2D eigenvalue weighted by atomic mass is 32.2. The van der Waals surface area contributed by atoms with Crippen LogP contribution in [0.2, 0.25) is 0 Å². The number of hydrogen-bond acceptors (Lipinski definition) is 7. The molecule has 0 fully saturated rings. The number of rotatable bonds is 10. The van der Waals surface area contributed by atoms with Crippen molar-refractivity contribution in [2.45, 2.75) is 17.4 Å². The summed E-state index contributed by atoms with van der Waals surface area (Å²) in [6.07, 6.45) is 0.0234. The second-order valence-electron chi connectivity index (χ2n) is 6.93. The second kappa shape index (κ2) is 11.1. The molecule has 0 aromatic heterocycles. The first kappa shape index (κ1) is 25.3. The topological polar surface area (TPSA) is 211 Å². The van der Waals surface area contributed by atoms with Gasteiger partial charge in [0.25, 0.3) is 5.91 Å². The molecule has 0 saturated carbocycles. The Balaban J connectivity index is 1.79. The van der Waals surface area contributed by atoms with Gasteiger partial charge in [-0.25, -0.2) is 18.4 Å². The average molecular weight is 477 g/mol. The summed E-state index contributed by atoms with van der Waals surface area (Å²) in [6, 6.07) is 10.1. The molecular formula is C20H23N5O7S. The number of benzene rings is 2. The molecule has 0 aliphatic carbocycles. The number of carbonyl (C=O) groups is 4. The lowest BCUT2D eigenvalue weighted by Crippen LogP contribution is -2.47. The lowest BCUT2D eigenvalue weighted by atomic mass is 10.1. The summed E-state index contributed by atoms with van der Waals surface area (Å²) in [5.74, 6) is -3.31. The van der Waals surface area contributed by atoms with Crippen LogP contribution in [0.25, 0.3) is 0 Å². The minimum atomic E-state index is -3.90. The van der Waals surface area contributed by atoms with Crippen LogP contribution < -0.4 is 26.8 Å². The molecule has 0 aliphatic heterocycles. The zero-order valence-electron chi connectivity index (χ0n) is 17.3. The normalized spacial score (nSPS) is 11.8. The summed E-state index contributed by atoms with van der Waals surface area (Å²) in [5.41, 5.74) is 6.85. The van der Waals surface area contributed by atoms with E-state index in [0.29, 0.717) is 11.3 Å². The number of primary sulfonamides is 1. The van der Waals surface area contributed by atoms with E-state index in [4.69, 9.17) is 10.9 Å². The van der Waals surface area contributed by atoms with Gasteiger partial charge in [-0.3, -0.25) is 14.4 Å². The van der Waals surface area contributed by atoms with Crippen LogP contribution >= 0.6 is 0 Å². The number of hydrogen-bond donors (Lipinski definition) is 6. The fourth-order valence-corrected chi connectivity index (χ4v) is 3.15. The number of carbonyl (C=O) groups excluding carboxylic acids is 3. The number of carboxylic acid groups (broad SMARTS) is 1. The fraction of sp³-hybridized carbons (Fsp3) is 0.200. The molecule has 0 heterocycles. The van der Waals surface area contributed by atoms with E-state index < -0.39 is 52.8 Å². The summed E-state index contributed by atoms with van der Waals surface area (Å²) in [4.78, 5) is 47.2. The van der Waals surface area contributed by atoms with Gasteiger partial charge < -0.3 is 26.8 Å². The van der Waals surface area contributed by atoms with Crippen LogP contribution in [0.15, 0.2) is 53.4 Å². The summed E-state index contributed by atoms with van der Waals surface area (Å²) in [6.45, 7) is -0.958. The first-order valence-corrected chi connectivity index (χ1v) is 11.0. The predicted molar refractivity (Wildman–Crippen MR) is 117 cm³/mol. The van der Waals surface area contributed by atoms with Crippen molar-refractivity contribution in [3.05, 3.63) is 59.7 Å². The number of nitrogens with two attached hydrogens (primary N) is 2. The minimum Gasteiger partial charge on any atom is -0.480 e. The predicted octanol–water partition coefficient (Wildman–Crippen LogP) is -1.43. The number of sulfonamides is 1. The summed E-state index contributed by atoms with van der Waals surface area (Å²) in [7, 11) is -3.90. The van der Waals surface area contributed by atoms with E-state index in [-0.39, 0.29) is 16.9 Å². The van der Waals surface area contributed by atoms with Gasteiger partial charge in [-0.05, 0) is 42.0 Å². The molecule has 2 aromatic carbocycles. The van der Waals surface area contributed by atoms with E-state index in [2.05, 4.69) is 16.0 Å². The third-order valence-electron chi connectivity index (χ3n) is 4.35. The summed E-state index contributed by atoms with van der Waals surface area (Å²) in [5, 5.41) is 21.2. The van der Waals surface area contributed by atoms with Crippen LogP contribution in [0.3, 0.4) is 0 Å². The van der Waals surface area contributed by atoms with Gasteiger partial charge in [0.2, 0.25) is 21.8 Å². The van der Waals surface area contributed by atoms with Gasteiger partial charge in [-0.15, -0.1) is 0 Å². The molecule has 0 bridgehead atoms. The Labute approximate surface area is 189 Å². The van der Waals surface area contributed by atoms with Crippen molar-refractivity contribution in [3.8, 4) is 0 Å². The van der Waals surface area contributed by atoms with E-state index in [1.54, 1.807) is 24.3 Å². The average Bonchev–Trinajstić information content (AvgIpc) is 2.76. The Kier molecular flexibility index (Phi) is 8.48. The van der Waals surface area contributed by atoms with Crippen LogP contribution in [-0.2, 0) is 30.8 Å². The van der Waals surface area contributed by atoms with Crippen molar-refractivity contribution in [3.63, 3.8) is 0 Å². The van der Waals surface area contributed by atoms with Crippen molar-refractivity contribution in [2.75, 3.05) is 18.8 Å². The molecular weight excluding hydrogens is 454 g/mol. The maximum Gasteiger partial charge on any atom is 0.326 e. The molecule has 1 atom stereocenters.